The third kappa shape index (κ3) is 3.10. The van der Waals surface area contributed by atoms with Crippen LogP contribution in [0.15, 0.2) is 21.4 Å². The fourth-order valence-electron chi connectivity index (χ4n) is 1.12. The lowest BCUT2D eigenvalue weighted by Gasteiger charge is -2.12. The number of amides is 2. The van der Waals surface area contributed by atoms with E-state index in [9.17, 15) is 9.59 Å². The first-order chi connectivity index (χ1) is 7.56. The van der Waals surface area contributed by atoms with Crippen LogP contribution in [-0.2, 0) is 4.79 Å². The van der Waals surface area contributed by atoms with Crippen molar-refractivity contribution in [2.24, 2.45) is 0 Å². The Hall–Kier alpha value is -1.30. The lowest BCUT2D eigenvalue weighted by Crippen LogP contribution is -2.44. The predicted molar refractivity (Wildman–Crippen MR) is 62.0 cm³/mol. The zero-order chi connectivity index (χ0) is 12.1. The van der Waals surface area contributed by atoms with Gasteiger partial charge in [0.2, 0.25) is 5.91 Å². The van der Waals surface area contributed by atoms with Gasteiger partial charge in [-0.3, -0.25) is 9.59 Å². The van der Waals surface area contributed by atoms with Crippen molar-refractivity contribution < 1.29 is 14.0 Å². The summed E-state index contributed by atoms with van der Waals surface area (Å²) in [5, 5.41) is 5.19. The Morgan fingerprint density at radius 2 is 2.25 bits per heavy atom. The summed E-state index contributed by atoms with van der Waals surface area (Å²) in [6.45, 7) is 3.98. The van der Waals surface area contributed by atoms with Gasteiger partial charge in [0.25, 0.3) is 5.91 Å². The fraction of sp³-hybridized carbons (Fsp3) is 0.400. The van der Waals surface area contributed by atoms with Gasteiger partial charge in [0.15, 0.2) is 4.67 Å². The van der Waals surface area contributed by atoms with Crippen LogP contribution in [0.1, 0.15) is 24.2 Å². The third-order valence-electron chi connectivity index (χ3n) is 1.95. The van der Waals surface area contributed by atoms with Crippen molar-refractivity contribution in [3.05, 3.63) is 22.6 Å². The molecular formula is C10H13BrN2O3. The van der Waals surface area contributed by atoms with Crippen LogP contribution in [0.3, 0.4) is 0 Å². The van der Waals surface area contributed by atoms with Crippen LogP contribution in [-0.4, -0.2) is 24.4 Å². The topological polar surface area (TPSA) is 71.3 Å². The normalized spacial score (nSPS) is 11.9. The number of hydrogen-bond donors (Lipinski definition) is 2. The molecule has 0 saturated carbocycles. The van der Waals surface area contributed by atoms with E-state index in [0.29, 0.717) is 16.8 Å². The Bertz CT molecular complexity index is 389. The van der Waals surface area contributed by atoms with Gasteiger partial charge in [-0.2, -0.15) is 0 Å². The molecule has 1 rings (SSSR count). The molecule has 1 unspecified atom stereocenters. The Balaban J connectivity index is 2.58. The second-order valence-electron chi connectivity index (χ2n) is 3.20. The van der Waals surface area contributed by atoms with Gasteiger partial charge in [-0.05, 0) is 35.8 Å². The summed E-state index contributed by atoms with van der Waals surface area (Å²) in [5.41, 5.74) is 0.371. The largest absolute Gasteiger partial charge is 0.457 e. The van der Waals surface area contributed by atoms with E-state index in [4.69, 9.17) is 4.42 Å². The standard InChI is InChI=1S/C10H13BrN2O3/c1-3-12-9(14)6(2)13-10(15)7-4-5-16-8(7)11/h4-6H,3H2,1-2H3,(H,12,14)(H,13,15). The lowest BCUT2D eigenvalue weighted by atomic mass is 10.2. The summed E-state index contributed by atoms with van der Waals surface area (Å²) in [6.07, 6.45) is 1.40. The molecule has 1 atom stereocenters. The number of hydrogen-bond acceptors (Lipinski definition) is 3. The van der Waals surface area contributed by atoms with E-state index < -0.39 is 6.04 Å². The number of furan rings is 1. The highest BCUT2D eigenvalue weighted by Gasteiger charge is 2.18. The number of halogens is 1. The molecule has 0 radical (unpaired) electrons. The molecule has 1 aromatic heterocycles. The van der Waals surface area contributed by atoms with Gasteiger partial charge in [0.1, 0.15) is 6.04 Å². The average molecular weight is 289 g/mol. The first-order valence-electron chi connectivity index (χ1n) is 4.87. The lowest BCUT2D eigenvalue weighted by molar-refractivity contribution is -0.122. The molecule has 0 saturated heterocycles. The van der Waals surface area contributed by atoms with Crippen molar-refractivity contribution in [1.82, 2.24) is 10.6 Å². The molecule has 0 spiro atoms. The highest BCUT2D eigenvalue weighted by molar-refractivity contribution is 9.10. The number of nitrogens with one attached hydrogen (secondary N) is 2. The first-order valence-corrected chi connectivity index (χ1v) is 5.67. The maximum absolute atomic E-state index is 11.7. The van der Waals surface area contributed by atoms with E-state index in [1.54, 1.807) is 6.92 Å². The SMILES string of the molecule is CCNC(=O)C(C)NC(=O)c1ccoc1Br. The Morgan fingerprint density at radius 1 is 1.56 bits per heavy atom. The minimum Gasteiger partial charge on any atom is -0.457 e. The molecule has 0 aliphatic heterocycles. The summed E-state index contributed by atoms with van der Waals surface area (Å²) in [4.78, 5) is 23.0. The van der Waals surface area contributed by atoms with Crippen LogP contribution < -0.4 is 10.6 Å². The monoisotopic (exact) mass is 288 g/mol. The van der Waals surface area contributed by atoms with E-state index in [0.717, 1.165) is 0 Å². The van der Waals surface area contributed by atoms with E-state index >= 15 is 0 Å². The molecule has 0 aliphatic rings. The highest BCUT2D eigenvalue weighted by Crippen LogP contribution is 2.17. The maximum atomic E-state index is 11.7. The van der Waals surface area contributed by atoms with Crippen LogP contribution >= 0.6 is 15.9 Å². The summed E-state index contributed by atoms with van der Waals surface area (Å²) in [7, 11) is 0. The van der Waals surface area contributed by atoms with Crippen molar-refractivity contribution in [2.45, 2.75) is 19.9 Å². The number of rotatable bonds is 4. The van der Waals surface area contributed by atoms with E-state index in [2.05, 4.69) is 26.6 Å². The molecular weight excluding hydrogens is 276 g/mol. The number of likely N-dealkylation sites (N-methyl/N-ethyl adjacent to an activating group) is 1. The van der Waals surface area contributed by atoms with Gasteiger partial charge in [0, 0.05) is 6.54 Å². The quantitative estimate of drug-likeness (QED) is 0.877. The van der Waals surface area contributed by atoms with E-state index in [-0.39, 0.29) is 11.8 Å². The molecule has 16 heavy (non-hydrogen) atoms. The van der Waals surface area contributed by atoms with Crippen LogP contribution in [0.4, 0.5) is 0 Å². The van der Waals surface area contributed by atoms with Crippen LogP contribution in [0.25, 0.3) is 0 Å². The minimum absolute atomic E-state index is 0.213. The van der Waals surface area contributed by atoms with E-state index in [1.165, 1.54) is 12.3 Å². The summed E-state index contributed by atoms with van der Waals surface area (Å²) < 4.78 is 5.29. The Kier molecular flexibility index (Phi) is 4.54. The molecule has 0 fully saturated rings. The third-order valence-corrected chi connectivity index (χ3v) is 2.57. The summed E-state index contributed by atoms with van der Waals surface area (Å²) in [5.74, 6) is -0.560. The van der Waals surface area contributed by atoms with Crippen molar-refractivity contribution >= 4 is 27.7 Å². The molecule has 1 heterocycles. The zero-order valence-electron chi connectivity index (χ0n) is 9.04. The second kappa shape index (κ2) is 5.69. The van der Waals surface area contributed by atoms with Gasteiger partial charge in [0.05, 0.1) is 11.8 Å². The Labute approximate surface area is 102 Å². The van der Waals surface area contributed by atoms with Gasteiger partial charge in [-0.25, -0.2) is 0 Å². The van der Waals surface area contributed by atoms with Crippen molar-refractivity contribution in [2.75, 3.05) is 6.54 Å². The highest BCUT2D eigenvalue weighted by atomic mass is 79.9. The predicted octanol–water partition coefficient (Wildman–Crippen LogP) is 1.30. The molecule has 0 aliphatic carbocycles. The molecule has 0 bridgehead atoms. The Morgan fingerprint density at radius 3 is 2.75 bits per heavy atom. The molecule has 6 heteroatoms. The van der Waals surface area contributed by atoms with Gasteiger partial charge < -0.3 is 15.1 Å². The molecule has 88 valence electrons. The van der Waals surface area contributed by atoms with E-state index in [1.807, 2.05) is 6.92 Å². The number of carbonyl (C=O) groups excluding carboxylic acids is 2. The molecule has 1 aromatic rings. The number of carbonyl (C=O) groups is 2. The van der Waals surface area contributed by atoms with Crippen molar-refractivity contribution in [3.8, 4) is 0 Å². The molecule has 0 aromatic carbocycles. The average Bonchev–Trinajstić information content (AvgIpc) is 2.64. The fourth-order valence-corrected chi connectivity index (χ4v) is 1.54. The van der Waals surface area contributed by atoms with Gasteiger partial charge >= 0.3 is 0 Å². The van der Waals surface area contributed by atoms with Crippen LogP contribution in [0, 0.1) is 0 Å². The molecule has 5 nitrogen and oxygen atoms in total. The summed E-state index contributed by atoms with van der Waals surface area (Å²) in [6, 6.07) is 0.957. The van der Waals surface area contributed by atoms with Crippen molar-refractivity contribution in [1.29, 1.82) is 0 Å². The smallest absolute Gasteiger partial charge is 0.256 e. The zero-order valence-corrected chi connectivity index (χ0v) is 10.6. The van der Waals surface area contributed by atoms with Gasteiger partial charge in [-0.15, -0.1) is 0 Å². The molecule has 2 amide bonds. The first kappa shape index (κ1) is 12.8. The maximum Gasteiger partial charge on any atom is 0.256 e. The van der Waals surface area contributed by atoms with Crippen LogP contribution in [0.5, 0.6) is 0 Å². The van der Waals surface area contributed by atoms with Crippen LogP contribution in [0.2, 0.25) is 0 Å². The van der Waals surface area contributed by atoms with Crippen molar-refractivity contribution in [3.63, 3.8) is 0 Å². The minimum atomic E-state index is -0.575. The second-order valence-corrected chi connectivity index (χ2v) is 3.92. The molecule has 2 N–H and O–H groups in total. The summed E-state index contributed by atoms with van der Waals surface area (Å²) >= 11 is 3.10. The van der Waals surface area contributed by atoms with Gasteiger partial charge in [-0.1, -0.05) is 0 Å².